The number of aliphatic hydroxyl groups is 1. The molecule has 0 aromatic carbocycles. The molecule has 2 heterocycles. The molecule has 3 unspecified atom stereocenters. The lowest BCUT2D eigenvalue weighted by molar-refractivity contribution is -0.0354. The molecule has 0 amide bonds. The Morgan fingerprint density at radius 1 is 1.36 bits per heavy atom. The number of likely N-dealkylation sites (tertiary alicyclic amines) is 1. The summed E-state index contributed by atoms with van der Waals surface area (Å²) in [5.41, 5.74) is -0.339. The highest BCUT2D eigenvalue weighted by Gasteiger charge is 2.54. The topological polar surface area (TPSA) is 35.5 Å². The maximum absolute atomic E-state index is 10.4. The van der Waals surface area contributed by atoms with Crippen LogP contribution in [-0.2, 0) is 0 Å². The SMILES string of the molecule is CC1(O)C2CNCC1N(C(C)(C)C)C2. The van der Waals surface area contributed by atoms with Crippen LogP contribution in [0.2, 0.25) is 0 Å². The molecule has 2 aliphatic rings. The summed E-state index contributed by atoms with van der Waals surface area (Å²) in [7, 11) is 0. The van der Waals surface area contributed by atoms with Gasteiger partial charge in [-0.15, -0.1) is 0 Å². The lowest BCUT2D eigenvalue weighted by Crippen LogP contribution is -2.58. The molecule has 2 saturated heterocycles. The third kappa shape index (κ3) is 1.38. The number of piperidine rings is 1. The van der Waals surface area contributed by atoms with Crippen molar-refractivity contribution in [3.63, 3.8) is 0 Å². The van der Waals surface area contributed by atoms with Gasteiger partial charge in [0.05, 0.1) is 11.6 Å². The Bertz CT molecular complexity index is 232. The first kappa shape index (κ1) is 10.4. The van der Waals surface area contributed by atoms with Crippen LogP contribution in [0.1, 0.15) is 27.7 Å². The van der Waals surface area contributed by atoms with Crippen molar-refractivity contribution < 1.29 is 5.11 Å². The Hall–Kier alpha value is -0.120. The first-order valence-corrected chi connectivity index (χ1v) is 5.53. The zero-order valence-corrected chi connectivity index (χ0v) is 9.67. The summed E-state index contributed by atoms with van der Waals surface area (Å²) in [6.45, 7) is 11.6. The minimum Gasteiger partial charge on any atom is -0.388 e. The van der Waals surface area contributed by atoms with E-state index in [0.29, 0.717) is 5.92 Å². The molecule has 0 radical (unpaired) electrons. The van der Waals surface area contributed by atoms with Gasteiger partial charge in [-0.25, -0.2) is 0 Å². The van der Waals surface area contributed by atoms with Crippen LogP contribution in [0.3, 0.4) is 0 Å². The molecule has 2 aliphatic heterocycles. The van der Waals surface area contributed by atoms with Crippen molar-refractivity contribution in [3.8, 4) is 0 Å². The van der Waals surface area contributed by atoms with Gasteiger partial charge in [-0.2, -0.15) is 0 Å². The predicted octanol–water partition coefficient (Wildman–Crippen LogP) is 0.439. The normalized spacial score (nSPS) is 44.4. The molecule has 0 spiro atoms. The van der Waals surface area contributed by atoms with Gasteiger partial charge in [0.15, 0.2) is 0 Å². The molecule has 2 N–H and O–H groups in total. The van der Waals surface area contributed by atoms with Gasteiger partial charge >= 0.3 is 0 Å². The maximum atomic E-state index is 10.4. The van der Waals surface area contributed by atoms with E-state index in [1.165, 1.54) is 0 Å². The van der Waals surface area contributed by atoms with Crippen LogP contribution in [0.4, 0.5) is 0 Å². The fourth-order valence-electron chi connectivity index (χ4n) is 2.86. The maximum Gasteiger partial charge on any atom is 0.0839 e. The van der Waals surface area contributed by atoms with E-state index >= 15 is 0 Å². The molecule has 0 saturated carbocycles. The number of hydrogen-bond donors (Lipinski definition) is 2. The molecule has 2 bridgehead atoms. The fourth-order valence-corrected chi connectivity index (χ4v) is 2.86. The zero-order valence-electron chi connectivity index (χ0n) is 9.67. The Labute approximate surface area is 86.5 Å². The highest BCUT2D eigenvalue weighted by atomic mass is 16.3. The van der Waals surface area contributed by atoms with Crippen LogP contribution >= 0.6 is 0 Å². The van der Waals surface area contributed by atoms with Crippen LogP contribution in [0.15, 0.2) is 0 Å². The second-order valence-electron chi connectivity index (χ2n) is 5.92. The molecular formula is C11H22N2O. The molecule has 0 aromatic rings. The molecular weight excluding hydrogens is 176 g/mol. The molecule has 14 heavy (non-hydrogen) atoms. The van der Waals surface area contributed by atoms with Crippen molar-refractivity contribution in [1.29, 1.82) is 0 Å². The van der Waals surface area contributed by atoms with Crippen molar-refractivity contribution in [1.82, 2.24) is 10.2 Å². The molecule has 82 valence electrons. The van der Waals surface area contributed by atoms with Gasteiger partial charge in [0.2, 0.25) is 0 Å². The van der Waals surface area contributed by atoms with Crippen molar-refractivity contribution in [3.05, 3.63) is 0 Å². The summed E-state index contributed by atoms with van der Waals surface area (Å²) in [5, 5.41) is 13.8. The van der Waals surface area contributed by atoms with Crippen molar-refractivity contribution in [2.45, 2.75) is 44.9 Å². The average molecular weight is 198 g/mol. The Morgan fingerprint density at radius 3 is 2.50 bits per heavy atom. The van der Waals surface area contributed by atoms with Crippen LogP contribution < -0.4 is 5.32 Å². The molecule has 3 nitrogen and oxygen atoms in total. The summed E-state index contributed by atoms with van der Waals surface area (Å²) in [6, 6.07) is 0.279. The van der Waals surface area contributed by atoms with Crippen molar-refractivity contribution in [2.75, 3.05) is 19.6 Å². The van der Waals surface area contributed by atoms with Gasteiger partial charge in [-0.3, -0.25) is 4.90 Å². The quantitative estimate of drug-likeness (QED) is 0.593. The standard InChI is InChI=1S/C11H22N2O/c1-10(2,3)13-7-8-5-12-6-9(13)11(8,4)14/h8-9,12,14H,5-7H2,1-4H3. The largest absolute Gasteiger partial charge is 0.388 e. The van der Waals surface area contributed by atoms with E-state index in [4.69, 9.17) is 0 Å². The highest BCUT2D eigenvalue weighted by Crippen LogP contribution is 2.39. The van der Waals surface area contributed by atoms with Crippen LogP contribution in [0, 0.1) is 5.92 Å². The van der Waals surface area contributed by atoms with E-state index in [1.54, 1.807) is 0 Å². The summed E-state index contributed by atoms with van der Waals surface area (Å²) < 4.78 is 0. The van der Waals surface area contributed by atoms with Crippen molar-refractivity contribution >= 4 is 0 Å². The van der Waals surface area contributed by atoms with E-state index in [0.717, 1.165) is 19.6 Å². The summed E-state index contributed by atoms with van der Waals surface area (Å²) in [5.74, 6) is 0.389. The smallest absolute Gasteiger partial charge is 0.0839 e. The van der Waals surface area contributed by atoms with E-state index < -0.39 is 5.60 Å². The second-order valence-corrected chi connectivity index (χ2v) is 5.92. The fraction of sp³-hybridized carbons (Fsp3) is 1.00. The highest BCUT2D eigenvalue weighted by molar-refractivity contribution is 5.09. The average Bonchev–Trinajstić information content (AvgIpc) is 2.23. The molecule has 2 fully saturated rings. The molecule has 2 rings (SSSR count). The zero-order chi connectivity index (χ0) is 10.6. The van der Waals surface area contributed by atoms with Gasteiger partial charge in [0, 0.05) is 31.1 Å². The third-order valence-corrected chi connectivity index (χ3v) is 3.88. The summed E-state index contributed by atoms with van der Waals surface area (Å²) >= 11 is 0. The lowest BCUT2D eigenvalue weighted by atomic mass is 9.84. The summed E-state index contributed by atoms with van der Waals surface area (Å²) in [6.07, 6.45) is 0. The second kappa shape index (κ2) is 2.94. The third-order valence-electron chi connectivity index (χ3n) is 3.88. The predicted molar refractivity (Wildman–Crippen MR) is 57.2 cm³/mol. The summed E-state index contributed by atoms with van der Waals surface area (Å²) in [4.78, 5) is 2.44. The monoisotopic (exact) mass is 198 g/mol. The first-order valence-electron chi connectivity index (χ1n) is 5.53. The van der Waals surface area contributed by atoms with Crippen LogP contribution in [-0.4, -0.2) is 46.8 Å². The number of hydrogen-bond acceptors (Lipinski definition) is 3. The van der Waals surface area contributed by atoms with Gasteiger partial charge in [-0.05, 0) is 27.7 Å². The van der Waals surface area contributed by atoms with E-state index in [-0.39, 0.29) is 11.6 Å². The van der Waals surface area contributed by atoms with Gasteiger partial charge in [0.25, 0.3) is 0 Å². The first-order chi connectivity index (χ1) is 6.33. The van der Waals surface area contributed by atoms with E-state index in [9.17, 15) is 5.11 Å². The number of nitrogens with one attached hydrogen (secondary N) is 1. The van der Waals surface area contributed by atoms with Crippen LogP contribution in [0.5, 0.6) is 0 Å². The Kier molecular flexibility index (Phi) is 2.18. The number of fused-ring (bicyclic) bond motifs is 2. The molecule has 0 aromatic heterocycles. The Balaban J connectivity index is 2.26. The van der Waals surface area contributed by atoms with Crippen molar-refractivity contribution in [2.24, 2.45) is 5.92 Å². The lowest BCUT2D eigenvalue weighted by Gasteiger charge is -2.42. The Morgan fingerprint density at radius 2 is 2.00 bits per heavy atom. The van der Waals surface area contributed by atoms with E-state index in [2.05, 4.69) is 31.0 Å². The minimum absolute atomic E-state index is 0.162. The number of rotatable bonds is 0. The van der Waals surface area contributed by atoms with Crippen LogP contribution in [0.25, 0.3) is 0 Å². The minimum atomic E-state index is -0.501. The van der Waals surface area contributed by atoms with E-state index in [1.807, 2.05) is 6.92 Å². The van der Waals surface area contributed by atoms with Gasteiger partial charge in [0.1, 0.15) is 0 Å². The van der Waals surface area contributed by atoms with Gasteiger partial charge in [-0.1, -0.05) is 0 Å². The molecule has 0 aliphatic carbocycles. The number of nitrogens with zero attached hydrogens (tertiary/aromatic N) is 1. The molecule has 3 atom stereocenters. The molecule has 3 heteroatoms. The van der Waals surface area contributed by atoms with Gasteiger partial charge < -0.3 is 10.4 Å².